The summed E-state index contributed by atoms with van der Waals surface area (Å²) in [5, 5.41) is 9.25. The largest absolute Gasteiger partial charge is 0.308 e. The Morgan fingerprint density at radius 2 is 2.00 bits per heavy atom. The molecule has 0 unspecified atom stereocenters. The minimum atomic E-state index is -0.689. The zero-order chi connectivity index (χ0) is 7.61. The standard InChI is InChI=1S/C6H11NO3/c1-6(10-7(8)9)4-2-3-5-6/h2-5H2,1H3. The second kappa shape index (κ2) is 2.44. The predicted octanol–water partition coefficient (Wildman–Crippen LogP) is 1.53. The topological polar surface area (TPSA) is 52.4 Å². The quantitative estimate of drug-likeness (QED) is 0.437. The van der Waals surface area contributed by atoms with Crippen LogP contribution in [0.4, 0.5) is 0 Å². The first kappa shape index (κ1) is 7.31. The molecule has 0 atom stereocenters. The minimum Gasteiger partial charge on any atom is -0.308 e. The van der Waals surface area contributed by atoms with E-state index in [1.165, 1.54) is 0 Å². The second-order valence-corrected chi connectivity index (χ2v) is 2.97. The Hall–Kier alpha value is -0.800. The van der Waals surface area contributed by atoms with Gasteiger partial charge in [-0.15, -0.1) is 10.1 Å². The van der Waals surface area contributed by atoms with Crippen molar-refractivity contribution in [2.24, 2.45) is 0 Å². The van der Waals surface area contributed by atoms with Gasteiger partial charge in [-0.25, -0.2) is 0 Å². The third-order valence-corrected chi connectivity index (χ3v) is 1.96. The van der Waals surface area contributed by atoms with Gasteiger partial charge in [0.1, 0.15) is 5.60 Å². The lowest BCUT2D eigenvalue weighted by Crippen LogP contribution is -2.27. The van der Waals surface area contributed by atoms with Gasteiger partial charge >= 0.3 is 0 Å². The molecule has 1 aliphatic carbocycles. The zero-order valence-electron chi connectivity index (χ0n) is 6.00. The molecular weight excluding hydrogens is 134 g/mol. The number of hydrogen-bond acceptors (Lipinski definition) is 3. The molecule has 0 spiro atoms. The van der Waals surface area contributed by atoms with Gasteiger partial charge < -0.3 is 4.84 Å². The first-order valence-electron chi connectivity index (χ1n) is 3.46. The molecule has 4 heteroatoms. The van der Waals surface area contributed by atoms with Crippen molar-refractivity contribution in [1.82, 2.24) is 0 Å². The maximum absolute atomic E-state index is 9.94. The molecule has 0 aromatic carbocycles. The highest BCUT2D eigenvalue weighted by Gasteiger charge is 2.32. The van der Waals surface area contributed by atoms with Gasteiger partial charge in [-0.05, 0) is 19.8 Å². The number of hydrogen-bond donors (Lipinski definition) is 0. The fourth-order valence-corrected chi connectivity index (χ4v) is 1.39. The van der Waals surface area contributed by atoms with Crippen LogP contribution in [-0.4, -0.2) is 10.7 Å². The van der Waals surface area contributed by atoms with E-state index in [0.717, 1.165) is 25.7 Å². The van der Waals surface area contributed by atoms with Crippen LogP contribution in [0.15, 0.2) is 0 Å². The first-order valence-corrected chi connectivity index (χ1v) is 3.46. The summed E-state index contributed by atoms with van der Waals surface area (Å²) in [4.78, 5) is 14.5. The Bertz CT molecular complexity index is 140. The Balaban J connectivity index is 2.43. The lowest BCUT2D eigenvalue weighted by atomic mass is 10.1. The highest BCUT2D eigenvalue weighted by Crippen LogP contribution is 2.32. The van der Waals surface area contributed by atoms with Crippen LogP contribution in [0.25, 0.3) is 0 Å². The first-order chi connectivity index (χ1) is 4.62. The Morgan fingerprint density at radius 3 is 2.40 bits per heavy atom. The summed E-state index contributed by atoms with van der Waals surface area (Å²) in [7, 11) is 0. The van der Waals surface area contributed by atoms with Crippen LogP contribution in [0, 0.1) is 10.1 Å². The van der Waals surface area contributed by atoms with Gasteiger partial charge in [0.25, 0.3) is 5.09 Å². The third-order valence-electron chi connectivity index (χ3n) is 1.96. The normalized spacial score (nSPS) is 22.5. The summed E-state index contributed by atoms with van der Waals surface area (Å²) in [6, 6.07) is 0. The van der Waals surface area contributed by atoms with Crippen molar-refractivity contribution in [3.05, 3.63) is 10.1 Å². The average molecular weight is 145 g/mol. The second-order valence-electron chi connectivity index (χ2n) is 2.97. The molecule has 0 radical (unpaired) electrons. The molecule has 1 rings (SSSR count). The van der Waals surface area contributed by atoms with Crippen LogP contribution in [0.3, 0.4) is 0 Å². The molecule has 0 aromatic heterocycles. The van der Waals surface area contributed by atoms with Crippen LogP contribution >= 0.6 is 0 Å². The van der Waals surface area contributed by atoms with E-state index in [4.69, 9.17) is 0 Å². The molecule has 0 saturated heterocycles. The summed E-state index contributed by atoms with van der Waals surface area (Å²) in [5.74, 6) is 0. The molecule has 4 nitrogen and oxygen atoms in total. The van der Waals surface area contributed by atoms with Crippen LogP contribution in [0.2, 0.25) is 0 Å². The van der Waals surface area contributed by atoms with Crippen molar-refractivity contribution in [2.75, 3.05) is 0 Å². The lowest BCUT2D eigenvalue weighted by molar-refractivity contribution is -0.780. The van der Waals surface area contributed by atoms with Gasteiger partial charge in [-0.3, -0.25) is 0 Å². The lowest BCUT2D eigenvalue weighted by Gasteiger charge is -2.19. The fraction of sp³-hybridized carbons (Fsp3) is 1.00. The highest BCUT2D eigenvalue weighted by molar-refractivity contribution is 4.79. The van der Waals surface area contributed by atoms with Gasteiger partial charge in [0, 0.05) is 0 Å². The molecule has 0 aromatic rings. The third kappa shape index (κ3) is 1.59. The van der Waals surface area contributed by atoms with Gasteiger partial charge in [0.05, 0.1) is 0 Å². The molecule has 0 aliphatic heterocycles. The maximum atomic E-state index is 9.94. The molecule has 10 heavy (non-hydrogen) atoms. The molecule has 58 valence electrons. The highest BCUT2D eigenvalue weighted by atomic mass is 17.0. The van der Waals surface area contributed by atoms with E-state index < -0.39 is 10.7 Å². The van der Waals surface area contributed by atoms with Crippen LogP contribution < -0.4 is 0 Å². The van der Waals surface area contributed by atoms with E-state index >= 15 is 0 Å². The summed E-state index contributed by atoms with van der Waals surface area (Å²) < 4.78 is 0. The summed E-state index contributed by atoms with van der Waals surface area (Å²) >= 11 is 0. The maximum Gasteiger partial charge on any atom is 0.295 e. The van der Waals surface area contributed by atoms with Gasteiger partial charge in [-0.1, -0.05) is 12.8 Å². The Labute approximate surface area is 59.3 Å². The molecule has 0 N–H and O–H groups in total. The van der Waals surface area contributed by atoms with Crippen molar-refractivity contribution in [2.45, 2.75) is 38.2 Å². The van der Waals surface area contributed by atoms with Crippen molar-refractivity contribution >= 4 is 0 Å². The minimum absolute atomic E-state index is 0.483. The number of rotatable bonds is 2. The molecule has 1 fully saturated rings. The van der Waals surface area contributed by atoms with E-state index in [1.807, 2.05) is 0 Å². The predicted molar refractivity (Wildman–Crippen MR) is 35.0 cm³/mol. The van der Waals surface area contributed by atoms with Crippen molar-refractivity contribution in [3.63, 3.8) is 0 Å². The van der Waals surface area contributed by atoms with Crippen molar-refractivity contribution in [3.8, 4) is 0 Å². The van der Waals surface area contributed by atoms with Crippen molar-refractivity contribution in [1.29, 1.82) is 0 Å². The summed E-state index contributed by atoms with van der Waals surface area (Å²) in [6.07, 6.45) is 3.72. The summed E-state index contributed by atoms with van der Waals surface area (Å²) in [6.45, 7) is 1.79. The average Bonchev–Trinajstić information content (AvgIpc) is 2.12. The van der Waals surface area contributed by atoms with E-state index in [0.29, 0.717) is 0 Å². The molecule has 0 amide bonds. The van der Waals surface area contributed by atoms with Gasteiger partial charge in [0.2, 0.25) is 0 Å². The molecule has 0 heterocycles. The van der Waals surface area contributed by atoms with Crippen molar-refractivity contribution < 1.29 is 9.92 Å². The fourth-order valence-electron chi connectivity index (χ4n) is 1.39. The van der Waals surface area contributed by atoms with E-state index in [1.54, 1.807) is 6.92 Å². The summed E-state index contributed by atoms with van der Waals surface area (Å²) in [5.41, 5.74) is -0.483. The molecule has 1 aliphatic rings. The van der Waals surface area contributed by atoms with E-state index in [-0.39, 0.29) is 0 Å². The van der Waals surface area contributed by atoms with E-state index in [9.17, 15) is 10.1 Å². The van der Waals surface area contributed by atoms with Crippen LogP contribution in [0.1, 0.15) is 32.6 Å². The molecular formula is C6H11NO3. The van der Waals surface area contributed by atoms with Crippen LogP contribution in [0.5, 0.6) is 0 Å². The molecule has 1 saturated carbocycles. The smallest absolute Gasteiger partial charge is 0.295 e. The van der Waals surface area contributed by atoms with Crippen LogP contribution in [-0.2, 0) is 4.84 Å². The van der Waals surface area contributed by atoms with E-state index in [2.05, 4.69) is 4.84 Å². The number of nitrogens with zero attached hydrogens (tertiary/aromatic N) is 1. The Morgan fingerprint density at radius 1 is 1.50 bits per heavy atom. The SMILES string of the molecule is CC1(O[N+](=O)[O-])CCCC1. The zero-order valence-corrected chi connectivity index (χ0v) is 6.00. The van der Waals surface area contributed by atoms with Gasteiger partial charge in [0.15, 0.2) is 0 Å². The van der Waals surface area contributed by atoms with Gasteiger partial charge in [-0.2, -0.15) is 0 Å². The Kier molecular flexibility index (Phi) is 1.78. The molecule has 0 bridgehead atoms. The monoisotopic (exact) mass is 145 g/mol.